The van der Waals surface area contributed by atoms with Crippen molar-refractivity contribution in [2.75, 3.05) is 13.2 Å². The lowest BCUT2D eigenvalue weighted by Crippen LogP contribution is -2.46. The van der Waals surface area contributed by atoms with Crippen LogP contribution in [-0.2, 0) is 11.3 Å². The van der Waals surface area contributed by atoms with Crippen LogP contribution in [0.5, 0.6) is 0 Å². The van der Waals surface area contributed by atoms with Gasteiger partial charge in [0.25, 0.3) is 0 Å². The van der Waals surface area contributed by atoms with Crippen molar-refractivity contribution in [2.24, 2.45) is 0 Å². The van der Waals surface area contributed by atoms with Crippen molar-refractivity contribution in [3.8, 4) is 11.5 Å². The van der Waals surface area contributed by atoms with Crippen molar-refractivity contribution in [2.45, 2.75) is 32.5 Å². The average molecular weight is 290 g/mol. The Labute approximate surface area is 123 Å². The lowest BCUT2D eigenvalue weighted by atomic mass is 10.2. The standard InChI is InChI=1S/C16H19FN2O2/c1-11-9-20-12(2)7-19(11)8-15-10-21-16(18-15)13-4-3-5-14(17)6-13/h3-6,10-12H,7-9H2,1-2H3/t11-,12-/m1/s1. The number of hydrogen-bond donors (Lipinski definition) is 0. The van der Waals surface area contributed by atoms with Crippen molar-refractivity contribution >= 4 is 0 Å². The Hall–Kier alpha value is -1.72. The molecular formula is C16H19FN2O2. The second-order valence-corrected chi connectivity index (χ2v) is 5.58. The lowest BCUT2D eigenvalue weighted by molar-refractivity contribution is -0.0530. The normalized spacial score (nSPS) is 23.4. The molecule has 2 aromatic rings. The summed E-state index contributed by atoms with van der Waals surface area (Å²) >= 11 is 0. The summed E-state index contributed by atoms with van der Waals surface area (Å²) in [6.45, 7) is 6.53. The van der Waals surface area contributed by atoms with Crippen LogP contribution in [0.25, 0.3) is 11.5 Å². The molecule has 1 aliphatic rings. The lowest BCUT2D eigenvalue weighted by Gasteiger charge is -2.36. The maximum Gasteiger partial charge on any atom is 0.226 e. The number of morpholine rings is 1. The fourth-order valence-corrected chi connectivity index (χ4v) is 2.53. The Morgan fingerprint density at radius 3 is 3.05 bits per heavy atom. The highest BCUT2D eigenvalue weighted by Crippen LogP contribution is 2.21. The van der Waals surface area contributed by atoms with Gasteiger partial charge in [0.05, 0.1) is 18.4 Å². The van der Waals surface area contributed by atoms with Gasteiger partial charge in [-0.25, -0.2) is 9.37 Å². The van der Waals surface area contributed by atoms with Crippen molar-refractivity contribution in [1.29, 1.82) is 0 Å². The summed E-state index contributed by atoms with van der Waals surface area (Å²) in [6.07, 6.45) is 1.88. The molecular weight excluding hydrogens is 271 g/mol. The molecule has 2 heterocycles. The van der Waals surface area contributed by atoms with Crippen LogP contribution < -0.4 is 0 Å². The van der Waals surface area contributed by atoms with Crippen LogP contribution in [0.4, 0.5) is 4.39 Å². The van der Waals surface area contributed by atoms with Gasteiger partial charge >= 0.3 is 0 Å². The summed E-state index contributed by atoms with van der Waals surface area (Å²) in [4.78, 5) is 6.78. The van der Waals surface area contributed by atoms with Gasteiger partial charge in [-0.15, -0.1) is 0 Å². The molecule has 0 bridgehead atoms. The van der Waals surface area contributed by atoms with Gasteiger partial charge in [0, 0.05) is 24.7 Å². The van der Waals surface area contributed by atoms with Crippen molar-refractivity contribution in [3.63, 3.8) is 0 Å². The molecule has 2 atom stereocenters. The number of oxazole rings is 1. The molecule has 112 valence electrons. The molecule has 1 aromatic heterocycles. The Balaban J connectivity index is 1.73. The van der Waals surface area contributed by atoms with Gasteiger partial charge in [0.1, 0.15) is 12.1 Å². The number of aromatic nitrogens is 1. The fraction of sp³-hybridized carbons (Fsp3) is 0.438. The predicted octanol–water partition coefficient (Wildman–Crippen LogP) is 3.09. The van der Waals surface area contributed by atoms with Crippen LogP contribution in [-0.4, -0.2) is 35.2 Å². The van der Waals surface area contributed by atoms with E-state index in [0.717, 1.165) is 18.8 Å². The molecule has 5 heteroatoms. The first kappa shape index (κ1) is 14.2. The molecule has 1 aromatic carbocycles. The van der Waals surface area contributed by atoms with Gasteiger partial charge in [0.2, 0.25) is 5.89 Å². The van der Waals surface area contributed by atoms with Crippen LogP contribution in [0.15, 0.2) is 34.9 Å². The van der Waals surface area contributed by atoms with Crippen molar-refractivity contribution in [1.82, 2.24) is 9.88 Å². The first-order valence-electron chi connectivity index (χ1n) is 7.18. The van der Waals surface area contributed by atoms with Gasteiger partial charge in [-0.3, -0.25) is 4.90 Å². The third-order valence-corrected chi connectivity index (χ3v) is 3.73. The third kappa shape index (κ3) is 3.31. The maximum atomic E-state index is 13.2. The van der Waals surface area contributed by atoms with E-state index >= 15 is 0 Å². The first-order chi connectivity index (χ1) is 10.1. The SMILES string of the molecule is C[C@@H]1CN(Cc2coc(-c3cccc(F)c3)n2)[C@H](C)CO1. The van der Waals surface area contributed by atoms with Crippen LogP contribution in [0, 0.1) is 5.82 Å². The van der Waals surface area contributed by atoms with Crippen LogP contribution >= 0.6 is 0 Å². The maximum absolute atomic E-state index is 13.2. The number of halogens is 1. The summed E-state index contributed by atoms with van der Waals surface area (Å²) < 4.78 is 24.3. The van der Waals surface area contributed by atoms with Crippen LogP contribution in [0.1, 0.15) is 19.5 Å². The molecule has 3 rings (SSSR count). The molecule has 0 spiro atoms. The molecule has 21 heavy (non-hydrogen) atoms. The van der Waals surface area contributed by atoms with E-state index in [2.05, 4.69) is 23.7 Å². The van der Waals surface area contributed by atoms with Crippen molar-refractivity contribution < 1.29 is 13.5 Å². The zero-order chi connectivity index (χ0) is 14.8. The zero-order valence-electron chi connectivity index (χ0n) is 12.3. The minimum absolute atomic E-state index is 0.232. The van der Waals surface area contributed by atoms with E-state index in [0.29, 0.717) is 24.0 Å². The second-order valence-electron chi connectivity index (χ2n) is 5.58. The van der Waals surface area contributed by atoms with E-state index in [4.69, 9.17) is 9.15 Å². The molecule has 4 nitrogen and oxygen atoms in total. The Morgan fingerprint density at radius 1 is 1.38 bits per heavy atom. The van der Waals surface area contributed by atoms with Gasteiger partial charge in [-0.1, -0.05) is 6.07 Å². The van der Waals surface area contributed by atoms with E-state index in [1.54, 1.807) is 18.4 Å². The molecule has 0 saturated carbocycles. The Morgan fingerprint density at radius 2 is 2.24 bits per heavy atom. The molecule has 0 aliphatic carbocycles. The molecule has 0 N–H and O–H groups in total. The van der Waals surface area contributed by atoms with Gasteiger partial charge in [-0.05, 0) is 32.0 Å². The van der Waals surface area contributed by atoms with E-state index < -0.39 is 0 Å². The molecule has 1 aliphatic heterocycles. The topological polar surface area (TPSA) is 38.5 Å². The Bertz CT molecular complexity index is 614. The summed E-state index contributed by atoms with van der Waals surface area (Å²) in [7, 11) is 0. The number of ether oxygens (including phenoxy) is 1. The number of hydrogen-bond acceptors (Lipinski definition) is 4. The van der Waals surface area contributed by atoms with E-state index in [-0.39, 0.29) is 11.9 Å². The molecule has 0 amide bonds. The smallest absolute Gasteiger partial charge is 0.226 e. The minimum Gasteiger partial charge on any atom is -0.444 e. The highest BCUT2D eigenvalue weighted by Gasteiger charge is 2.24. The van der Waals surface area contributed by atoms with Crippen LogP contribution in [0.2, 0.25) is 0 Å². The van der Waals surface area contributed by atoms with Gasteiger partial charge < -0.3 is 9.15 Å². The Kier molecular flexibility index (Phi) is 4.03. The zero-order valence-corrected chi connectivity index (χ0v) is 12.3. The number of rotatable bonds is 3. The third-order valence-electron chi connectivity index (χ3n) is 3.73. The number of benzene rings is 1. The monoisotopic (exact) mass is 290 g/mol. The molecule has 1 fully saturated rings. The molecule has 1 saturated heterocycles. The molecule has 0 radical (unpaired) electrons. The van der Waals surface area contributed by atoms with Crippen LogP contribution in [0.3, 0.4) is 0 Å². The van der Waals surface area contributed by atoms with E-state index in [1.165, 1.54) is 12.1 Å². The molecule has 0 unspecified atom stereocenters. The quantitative estimate of drug-likeness (QED) is 0.870. The van der Waals surface area contributed by atoms with Gasteiger partial charge in [-0.2, -0.15) is 0 Å². The highest BCUT2D eigenvalue weighted by atomic mass is 19.1. The average Bonchev–Trinajstić information content (AvgIpc) is 2.91. The number of nitrogens with zero attached hydrogens (tertiary/aromatic N) is 2. The predicted molar refractivity (Wildman–Crippen MR) is 77.2 cm³/mol. The summed E-state index contributed by atoms with van der Waals surface area (Å²) in [5.74, 6) is 0.168. The summed E-state index contributed by atoms with van der Waals surface area (Å²) in [6, 6.07) is 6.63. The highest BCUT2D eigenvalue weighted by molar-refractivity contribution is 5.52. The van der Waals surface area contributed by atoms with Crippen molar-refractivity contribution in [3.05, 3.63) is 42.0 Å². The largest absolute Gasteiger partial charge is 0.444 e. The van der Waals surface area contributed by atoms with E-state index in [1.807, 2.05) is 0 Å². The second kappa shape index (κ2) is 5.95. The minimum atomic E-state index is -0.289. The summed E-state index contributed by atoms with van der Waals surface area (Å²) in [5, 5.41) is 0. The first-order valence-corrected chi connectivity index (χ1v) is 7.18. The summed E-state index contributed by atoms with van der Waals surface area (Å²) in [5.41, 5.74) is 1.51. The van der Waals surface area contributed by atoms with Gasteiger partial charge in [0.15, 0.2) is 0 Å². The fourth-order valence-electron chi connectivity index (χ4n) is 2.53. The van der Waals surface area contributed by atoms with E-state index in [9.17, 15) is 4.39 Å².